The van der Waals surface area contributed by atoms with E-state index in [2.05, 4.69) is 10.3 Å². The van der Waals surface area contributed by atoms with Crippen molar-refractivity contribution in [1.29, 1.82) is 0 Å². The summed E-state index contributed by atoms with van der Waals surface area (Å²) < 4.78 is 11.4. The number of nitrogen functional groups attached to an aromatic ring is 1. The molecule has 0 spiro atoms. The van der Waals surface area contributed by atoms with Crippen LogP contribution in [0.4, 0.5) is 5.69 Å². The summed E-state index contributed by atoms with van der Waals surface area (Å²) in [7, 11) is 0. The summed E-state index contributed by atoms with van der Waals surface area (Å²) in [6.45, 7) is 2.94. The first-order valence-corrected chi connectivity index (χ1v) is 8.32. The number of thiophene rings is 1. The zero-order chi connectivity index (χ0) is 16.2. The Balaban J connectivity index is 1.67. The highest BCUT2D eigenvalue weighted by Crippen LogP contribution is 2.21. The van der Waals surface area contributed by atoms with Crippen molar-refractivity contribution in [3.05, 3.63) is 40.3 Å². The minimum absolute atomic E-state index is 0.126. The second kappa shape index (κ2) is 6.97. The Bertz CT molecular complexity index is 671. The monoisotopic (exact) mass is 333 g/mol. The lowest BCUT2D eigenvalue weighted by molar-refractivity contribution is -0.0136. The molecule has 0 radical (unpaired) electrons. The van der Waals surface area contributed by atoms with Crippen LogP contribution in [0.2, 0.25) is 0 Å². The zero-order valence-electron chi connectivity index (χ0n) is 12.8. The third-order valence-electron chi connectivity index (χ3n) is 3.69. The second-order valence-electron chi connectivity index (χ2n) is 5.44. The molecule has 122 valence electrons. The van der Waals surface area contributed by atoms with Crippen LogP contribution in [0.15, 0.2) is 29.8 Å². The van der Waals surface area contributed by atoms with Gasteiger partial charge in [0.1, 0.15) is 16.7 Å². The number of nitrogens with one attached hydrogen (secondary N) is 1. The van der Waals surface area contributed by atoms with Crippen molar-refractivity contribution in [3.63, 3.8) is 0 Å². The number of carbonyl (C=O) groups excluding carboxylic acids is 1. The maximum absolute atomic E-state index is 12.3. The van der Waals surface area contributed by atoms with Gasteiger partial charge in [0.05, 0.1) is 24.5 Å². The molecule has 2 atom stereocenters. The van der Waals surface area contributed by atoms with Gasteiger partial charge in [0.25, 0.3) is 5.91 Å². The molecular formula is C16H19N3O3S. The first-order valence-electron chi connectivity index (χ1n) is 7.44. The van der Waals surface area contributed by atoms with Crippen LogP contribution in [-0.4, -0.2) is 36.3 Å². The number of amides is 1. The van der Waals surface area contributed by atoms with Crippen LogP contribution in [0.25, 0.3) is 0 Å². The van der Waals surface area contributed by atoms with E-state index in [1.807, 2.05) is 19.1 Å². The highest BCUT2D eigenvalue weighted by molar-refractivity contribution is 7.12. The van der Waals surface area contributed by atoms with Gasteiger partial charge in [-0.15, -0.1) is 11.3 Å². The van der Waals surface area contributed by atoms with Gasteiger partial charge in [-0.3, -0.25) is 9.78 Å². The van der Waals surface area contributed by atoms with Gasteiger partial charge in [-0.1, -0.05) is 0 Å². The van der Waals surface area contributed by atoms with E-state index < -0.39 is 0 Å². The zero-order valence-corrected chi connectivity index (χ0v) is 13.6. The Hall–Kier alpha value is -2.12. The highest BCUT2D eigenvalue weighted by atomic mass is 32.1. The van der Waals surface area contributed by atoms with Gasteiger partial charge in [-0.2, -0.15) is 0 Å². The highest BCUT2D eigenvalue weighted by Gasteiger charge is 2.30. The number of hydrogen-bond donors (Lipinski definition) is 2. The number of nitrogens with zero attached hydrogens (tertiary/aromatic N) is 1. The van der Waals surface area contributed by atoms with Crippen LogP contribution in [0.3, 0.4) is 0 Å². The fourth-order valence-corrected chi connectivity index (χ4v) is 3.15. The van der Waals surface area contributed by atoms with Gasteiger partial charge < -0.3 is 20.5 Å². The van der Waals surface area contributed by atoms with Crippen molar-refractivity contribution < 1.29 is 14.3 Å². The molecule has 23 heavy (non-hydrogen) atoms. The molecule has 7 heteroatoms. The Kier molecular flexibility index (Phi) is 4.78. The number of nitrogens with two attached hydrogens (primary N) is 1. The van der Waals surface area contributed by atoms with Crippen molar-refractivity contribution in [3.8, 4) is 5.75 Å². The fraction of sp³-hybridized carbons (Fsp3) is 0.375. The van der Waals surface area contributed by atoms with E-state index in [1.54, 1.807) is 17.6 Å². The van der Waals surface area contributed by atoms with Crippen LogP contribution >= 0.6 is 11.3 Å². The summed E-state index contributed by atoms with van der Waals surface area (Å²) in [6, 6.07) is 5.36. The molecule has 3 rings (SSSR count). The number of pyridine rings is 1. The molecule has 1 aliphatic rings. The third kappa shape index (κ3) is 3.80. The molecule has 6 nitrogen and oxygen atoms in total. The molecule has 0 unspecified atom stereocenters. The van der Waals surface area contributed by atoms with Crippen molar-refractivity contribution in [2.45, 2.75) is 25.5 Å². The summed E-state index contributed by atoms with van der Waals surface area (Å²) in [5.41, 5.74) is 7.23. The molecule has 1 amide bonds. The van der Waals surface area contributed by atoms with E-state index in [4.69, 9.17) is 15.2 Å². The third-order valence-corrected chi connectivity index (χ3v) is 4.62. The minimum atomic E-state index is -0.251. The molecule has 0 saturated carbocycles. The molecule has 2 aromatic heterocycles. The standard InChI is InChI=1S/C16H19N3O3S/c1-10-2-3-11(8-18-10)22-14-9-21-6-4-13(14)19-16(20)15-12(17)5-7-23-15/h2-3,5,7-8,13-14H,4,6,9,17H2,1H3,(H,19,20)/t13-,14+/m0/s1. The first kappa shape index (κ1) is 15.8. The molecule has 1 saturated heterocycles. The summed E-state index contributed by atoms with van der Waals surface area (Å²) >= 11 is 1.33. The summed E-state index contributed by atoms with van der Waals surface area (Å²) in [5.74, 6) is 0.501. The average molecular weight is 333 g/mol. The predicted molar refractivity (Wildman–Crippen MR) is 88.8 cm³/mol. The Morgan fingerprint density at radius 2 is 2.35 bits per heavy atom. The van der Waals surface area contributed by atoms with Crippen LogP contribution in [-0.2, 0) is 4.74 Å². The van der Waals surface area contributed by atoms with Gasteiger partial charge >= 0.3 is 0 Å². The number of aromatic nitrogens is 1. The molecule has 2 aromatic rings. The van der Waals surface area contributed by atoms with Crippen molar-refractivity contribution in [2.24, 2.45) is 0 Å². The second-order valence-corrected chi connectivity index (χ2v) is 6.36. The van der Waals surface area contributed by atoms with Crippen LogP contribution in [0.5, 0.6) is 5.75 Å². The number of carbonyl (C=O) groups is 1. The summed E-state index contributed by atoms with van der Waals surface area (Å²) in [4.78, 5) is 17.1. The Labute approximate surface area is 138 Å². The smallest absolute Gasteiger partial charge is 0.263 e. The maximum Gasteiger partial charge on any atom is 0.263 e. The number of hydrogen-bond acceptors (Lipinski definition) is 6. The lowest BCUT2D eigenvalue weighted by Crippen LogP contribution is -2.51. The van der Waals surface area contributed by atoms with Gasteiger partial charge in [-0.05, 0) is 36.9 Å². The molecule has 0 bridgehead atoms. The van der Waals surface area contributed by atoms with Crippen LogP contribution in [0, 0.1) is 6.92 Å². The number of rotatable bonds is 4. The van der Waals surface area contributed by atoms with Gasteiger partial charge in [-0.25, -0.2) is 0 Å². The van der Waals surface area contributed by atoms with E-state index in [9.17, 15) is 4.79 Å². The predicted octanol–water partition coefficient (Wildman–Crippen LogP) is 2.00. The normalized spacial score (nSPS) is 20.9. The summed E-state index contributed by atoms with van der Waals surface area (Å²) in [6.07, 6.45) is 2.12. The molecular weight excluding hydrogens is 314 g/mol. The molecule has 1 aliphatic heterocycles. The molecule has 0 aromatic carbocycles. The minimum Gasteiger partial charge on any atom is -0.484 e. The Morgan fingerprint density at radius 1 is 1.48 bits per heavy atom. The first-order chi connectivity index (χ1) is 11.1. The fourth-order valence-electron chi connectivity index (χ4n) is 2.43. The molecule has 0 aliphatic carbocycles. The quantitative estimate of drug-likeness (QED) is 0.894. The SMILES string of the molecule is Cc1ccc(O[C@@H]2COCC[C@@H]2NC(=O)c2sccc2N)cn1. The van der Waals surface area contributed by atoms with E-state index in [-0.39, 0.29) is 18.1 Å². The lowest BCUT2D eigenvalue weighted by Gasteiger charge is -2.32. The average Bonchev–Trinajstić information content (AvgIpc) is 2.97. The lowest BCUT2D eigenvalue weighted by atomic mass is 10.1. The molecule has 1 fully saturated rings. The van der Waals surface area contributed by atoms with E-state index in [1.165, 1.54) is 11.3 Å². The van der Waals surface area contributed by atoms with Crippen LogP contribution in [0.1, 0.15) is 21.8 Å². The topological polar surface area (TPSA) is 86.5 Å². The van der Waals surface area contributed by atoms with E-state index in [0.29, 0.717) is 35.9 Å². The maximum atomic E-state index is 12.3. The van der Waals surface area contributed by atoms with Crippen molar-refractivity contribution in [1.82, 2.24) is 10.3 Å². The van der Waals surface area contributed by atoms with Gasteiger partial charge in [0.15, 0.2) is 0 Å². The van der Waals surface area contributed by atoms with E-state index >= 15 is 0 Å². The molecule has 3 heterocycles. The molecule has 3 N–H and O–H groups in total. The largest absolute Gasteiger partial charge is 0.484 e. The van der Waals surface area contributed by atoms with Crippen molar-refractivity contribution in [2.75, 3.05) is 18.9 Å². The van der Waals surface area contributed by atoms with Gasteiger partial charge in [0, 0.05) is 12.3 Å². The van der Waals surface area contributed by atoms with Crippen LogP contribution < -0.4 is 15.8 Å². The number of anilines is 1. The Morgan fingerprint density at radius 3 is 3.04 bits per heavy atom. The van der Waals surface area contributed by atoms with Gasteiger partial charge in [0.2, 0.25) is 0 Å². The van der Waals surface area contributed by atoms with E-state index in [0.717, 1.165) is 5.69 Å². The number of ether oxygens (including phenoxy) is 2. The number of aryl methyl sites for hydroxylation is 1. The van der Waals surface area contributed by atoms with Crippen molar-refractivity contribution >= 4 is 22.9 Å². The summed E-state index contributed by atoms with van der Waals surface area (Å²) in [5, 5.41) is 4.82.